The van der Waals surface area contributed by atoms with Gasteiger partial charge in [0.2, 0.25) is 11.8 Å². The number of amides is 2. The molecule has 2 amide bonds. The van der Waals surface area contributed by atoms with Crippen LogP contribution in [0, 0.1) is 0 Å². The highest BCUT2D eigenvalue weighted by atomic mass is 35.5. The van der Waals surface area contributed by atoms with Crippen LogP contribution < -0.4 is 28.6 Å². The number of ether oxygens (including phenoxy) is 1. The first-order valence-corrected chi connectivity index (χ1v) is 29.8. The van der Waals surface area contributed by atoms with E-state index in [1.165, 1.54) is 35.7 Å². The molecule has 0 spiro atoms. The second-order valence-electron chi connectivity index (χ2n) is 19.3. The number of carbonyl (C=O) groups excluding carboxylic acids is 2. The van der Waals surface area contributed by atoms with Gasteiger partial charge >= 0.3 is 0 Å². The zero-order valence-corrected chi connectivity index (χ0v) is 47.5. The largest absolute Gasteiger partial charge is 0.381 e. The summed E-state index contributed by atoms with van der Waals surface area (Å²) in [6.45, 7) is 5.39. The smallest absolute Gasteiger partial charge is 0.283 e. The van der Waals surface area contributed by atoms with E-state index < -0.39 is 20.0 Å². The minimum atomic E-state index is -3.89. The molecular weight excluding hydrogens is 1100 g/mol. The maximum absolute atomic E-state index is 13.5. The van der Waals surface area contributed by atoms with Gasteiger partial charge in [-0.3, -0.25) is 27.6 Å². The van der Waals surface area contributed by atoms with E-state index >= 15 is 0 Å². The number of carbonyl (C=O) groups is 2. The molecule has 416 valence electrons. The molecule has 21 heteroatoms. The van der Waals surface area contributed by atoms with Gasteiger partial charge in [0.15, 0.2) is 10.1 Å². The van der Waals surface area contributed by atoms with E-state index in [1.54, 1.807) is 67.8 Å². The summed E-state index contributed by atoms with van der Waals surface area (Å²) in [6, 6.07) is 50.0. The standard InChI is InChI=1S/C21H23ClN4O3S.C21H22N4O3S.C17H17ClN2O/c1-24-10-9-21(23-24)30(27,28)26(16-17-5-7-18(22)8-6-17)20-4-2-3-19(15-20)25-11-13-29-14-12-25;1-23-14-12-20(22-23)29(27,28)25(16-17-7-3-2-4-8-17)19-10-5-9-18(15-19)24-13-6-11-21(24)26;18-14-8-6-13(7-9-14)12-19-15-3-1-4-16(11-15)20-10-2-5-17(20)21/h2-10,15H,11-14,16H2,1H3;2-5,7-10,12,14-15H,6,11,13,16H2,1H3;1,3-4,6-9,11,19H,2,5,10,12H2. The zero-order valence-electron chi connectivity index (χ0n) is 44.4. The van der Waals surface area contributed by atoms with Crippen molar-refractivity contribution < 1.29 is 31.2 Å². The molecule has 6 aromatic carbocycles. The fourth-order valence-electron chi connectivity index (χ4n) is 9.34. The molecule has 0 radical (unpaired) electrons. The van der Waals surface area contributed by atoms with Gasteiger partial charge in [0.25, 0.3) is 20.0 Å². The zero-order chi connectivity index (χ0) is 56.2. The fourth-order valence-corrected chi connectivity index (χ4v) is 12.4. The van der Waals surface area contributed by atoms with Gasteiger partial charge in [0, 0.05) is 105 Å². The van der Waals surface area contributed by atoms with Crippen molar-refractivity contribution in [2.24, 2.45) is 14.1 Å². The van der Waals surface area contributed by atoms with Gasteiger partial charge in [-0.1, -0.05) is 96.0 Å². The summed E-state index contributed by atoms with van der Waals surface area (Å²) in [5, 5.41) is 13.0. The van der Waals surface area contributed by atoms with E-state index in [0.29, 0.717) is 54.7 Å². The van der Waals surface area contributed by atoms with Crippen molar-refractivity contribution >= 4 is 89.2 Å². The molecular formula is C59H62Cl2N10O7S2. The molecule has 5 heterocycles. The van der Waals surface area contributed by atoms with Crippen LogP contribution in [0.4, 0.5) is 34.1 Å². The second-order valence-corrected chi connectivity index (χ2v) is 23.7. The Morgan fingerprint density at radius 3 is 1.48 bits per heavy atom. The Balaban J connectivity index is 0.000000148. The Morgan fingerprint density at radius 2 is 0.988 bits per heavy atom. The van der Waals surface area contributed by atoms with Crippen LogP contribution in [0.25, 0.3) is 0 Å². The molecule has 3 fully saturated rings. The average Bonchev–Trinajstić information content (AvgIpc) is 4.33. The van der Waals surface area contributed by atoms with E-state index in [2.05, 4.69) is 20.4 Å². The number of anilines is 6. The van der Waals surface area contributed by atoms with Crippen LogP contribution in [-0.2, 0) is 68.1 Å². The molecule has 3 saturated heterocycles. The predicted octanol–water partition coefficient (Wildman–Crippen LogP) is 10.3. The third-order valence-electron chi connectivity index (χ3n) is 13.5. The Morgan fingerprint density at radius 1 is 0.525 bits per heavy atom. The van der Waals surface area contributed by atoms with Crippen LogP contribution in [0.15, 0.2) is 186 Å². The number of hydrogen-bond acceptors (Lipinski definition) is 11. The summed E-state index contributed by atoms with van der Waals surface area (Å²) in [7, 11) is -4.37. The molecule has 1 N–H and O–H groups in total. The van der Waals surface area contributed by atoms with Gasteiger partial charge < -0.3 is 24.8 Å². The maximum atomic E-state index is 13.5. The molecule has 11 rings (SSSR count). The van der Waals surface area contributed by atoms with Crippen molar-refractivity contribution in [2.75, 3.05) is 68.0 Å². The Bertz CT molecular complexity index is 3620. The van der Waals surface area contributed by atoms with E-state index in [9.17, 15) is 26.4 Å². The summed E-state index contributed by atoms with van der Waals surface area (Å²) in [5.41, 5.74) is 7.59. The molecule has 0 bridgehead atoms. The number of nitrogens with zero attached hydrogens (tertiary/aromatic N) is 9. The molecule has 0 saturated carbocycles. The van der Waals surface area contributed by atoms with Gasteiger partial charge in [-0.25, -0.2) is 0 Å². The predicted molar refractivity (Wildman–Crippen MR) is 315 cm³/mol. The number of hydrogen-bond donors (Lipinski definition) is 1. The number of morpholine rings is 1. The molecule has 0 aliphatic carbocycles. The molecule has 3 aliphatic heterocycles. The second kappa shape index (κ2) is 26.1. The highest BCUT2D eigenvalue weighted by Gasteiger charge is 2.31. The van der Waals surface area contributed by atoms with Gasteiger partial charge in [-0.15, -0.1) is 0 Å². The highest BCUT2D eigenvalue weighted by molar-refractivity contribution is 7.93. The van der Waals surface area contributed by atoms with Gasteiger partial charge in [-0.05, 0) is 121 Å². The Hall–Kier alpha value is -7.68. The molecule has 17 nitrogen and oxygen atoms in total. The van der Waals surface area contributed by atoms with Gasteiger partial charge in [-0.2, -0.15) is 27.0 Å². The minimum Gasteiger partial charge on any atom is -0.381 e. The van der Waals surface area contributed by atoms with Crippen molar-refractivity contribution in [3.05, 3.63) is 203 Å². The normalized spacial score (nSPS) is 14.5. The topological polar surface area (TPSA) is 176 Å². The van der Waals surface area contributed by atoms with E-state index in [1.807, 2.05) is 120 Å². The molecule has 2 aromatic heterocycles. The van der Waals surface area contributed by atoms with Crippen molar-refractivity contribution in [3.63, 3.8) is 0 Å². The number of rotatable bonds is 16. The number of aryl methyl sites for hydroxylation is 2. The van der Waals surface area contributed by atoms with Crippen molar-refractivity contribution in [1.29, 1.82) is 0 Å². The summed E-state index contributed by atoms with van der Waals surface area (Å²) in [6.07, 6.45) is 6.15. The molecule has 8 aromatic rings. The monoisotopic (exact) mass is 1160 g/mol. The fraction of sp³-hybridized carbons (Fsp3) is 0.254. The minimum absolute atomic E-state index is 0.00994. The SMILES string of the molecule is Cn1ccc(S(=O)(=O)N(Cc2ccc(Cl)cc2)c2cccc(N3CCOCC3)c2)n1.Cn1ccc(S(=O)(=O)N(Cc2ccccc2)c2cccc(N3CCCC3=O)c2)n1.O=C1CCCN1c1cccc(NCc2ccc(Cl)cc2)c1. The van der Waals surface area contributed by atoms with Gasteiger partial charge in [0.05, 0.1) is 37.7 Å². The van der Waals surface area contributed by atoms with Crippen LogP contribution in [-0.4, -0.2) is 87.6 Å². The van der Waals surface area contributed by atoms with Crippen LogP contribution >= 0.6 is 23.2 Å². The van der Waals surface area contributed by atoms with Crippen LogP contribution in [0.5, 0.6) is 0 Å². The van der Waals surface area contributed by atoms with Gasteiger partial charge in [0.1, 0.15) is 0 Å². The Labute approximate surface area is 477 Å². The quantitative estimate of drug-likeness (QED) is 0.0975. The van der Waals surface area contributed by atoms with E-state index in [4.69, 9.17) is 27.9 Å². The molecule has 3 aliphatic rings. The van der Waals surface area contributed by atoms with Crippen LogP contribution in [0.3, 0.4) is 0 Å². The lowest BCUT2D eigenvalue weighted by Crippen LogP contribution is -2.36. The lowest BCUT2D eigenvalue weighted by molar-refractivity contribution is -0.117. The first kappa shape index (κ1) is 57.0. The van der Waals surface area contributed by atoms with Crippen molar-refractivity contribution in [3.8, 4) is 0 Å². The van der Waals surface area contributed by atoms with Crippen molar-refractivity contribution in [1.82, 2.24) is 19.6 Å². The summed E-state index contributed by atoms with van der Waals surface area (Å²) in [5.74, 6) is 0.272. The van der Waals surface area contributed by atoms with E-state index in [-0.39, 0.29) is 35.0 Å². The summed E-state index contributed by atoms with van der Waals surface area (Å²) in [4.78, 5) is 29.7. The number of nitrogens with one attached hydrogen (secondary N) is 1. The lowest BCUT2D eigenvalue weighted by Gasteiger charge is -2.30. The van der Waals surface area contributed by atoms with Crippen LogP contribution in [0.1, 0.15) is 42.4 Å². The first-order chi connectivity index (χ1) is 38.6. The third kappa shape index (κ3) is 14.4. The number of benzene rings is 6. The Kier molecular flexibility index (Phi) is 18.6. The summed E-state index contributed by atoms with van der Waals surface area (Å²) >= 11 is 11.9. The molecule has 80 heavy (non-hydrogen) atoms. The molecule has 0 atom stereocenters. The number of aromatic nitrogens is 4. The van der Waals surface area contributed by atoms with E-state index in [0.717, 1.165) is 72.2 Å². The lowest BCUT2D eigenvalue weighted by atomic mass is 10.2. The average molecular weight is 1160 g/mol. The maximum Gasteiger partial charge on any atom is 0.283 e. The highest BCUT2D eigenvalue weighted by Crippen LogP contribution is 2.33. The number of sulfonamides is 2. The third-order valence-corrected chi connectivity index (χ3v) is 17.4. The molecule has 0 unspecified atom stereocenters. The van der Waals surface area contributed by atoms with Crippen molar-refractivity contribution in [2.45, 2.75) is 55.4 Å². The summed E-state index contributed by atoms with van der Waals surface area (Å²) < 4.78 is 64.9. The first-order valence-electron chi connectivity index (χ1n) is 26.2. The number of halogens is 2. The van der Waals surface area contributed by atoms with Crippen LogP contribution in [0.2, 0.25) is 10.0 Å².